The van der Waals surface area contributed by atoms with Crippen molar-refractivity contribution >= 4 is 22.5 Å². The van der Waals surface area contributed by atoms with Crippen LogP contribution in [0.1, 0.15) is 29.3 Å². The first-order valence-electron chi connectivity index (χ1n) is 7.29. The number of carbonyl (C=O) groups excluding carboxylic acids is 1. The second-order valence-electron chi connectivity index (χ2n) is 5.50. The lowest BCUT2D eigenvalue weighted by Crippen LogP contribution is -2.28. The van der Waals surface area contributed by atoms with Gasteiger partial charge in [0.05, 0.1) is 11.6 Å². The molecule has 0 saturated carbocycles. The summed E-state index contributed by atoms with van der Waals surface area (Å²) >= 11 is 0. The van der Waals surface area contributed by atoms with Gasteiger partial charge in [-0.05, 0) is 19.1 Å². The second kappa shape index (κ2) is 6.04. The Morgan fingerprint density at radius 1 is 1.30 bits per heavy atom. The summed E-state index contributed by atoms with van der Waals surface area (Å²) in [7, 11) is 3.89. The Morgan fingerprint density at radius 3 is 2.78 bits per heavy atom. The molecule has 7 nitrogen and oxygen atoms in total. The van der Waals surface area contributed by atoms with Gasteiger partial charge >= 0.3 is 0 Å². The Morgan fingerprint density at radius 2 is 2.09 bits per heavy atom. The van der Waals surface area contributed by atoms with Crippen LogP contribution in [0.3, 0.4) is 0 Å². The topological polar surface area (TPSA) is 86.8 Å². The summed E-state index contributed by atoms with van der Waals surface area (Å²) in [6.07, 6.45) is 1.41. The maximum Gasteiger partial charge on any atom is 0.270 e. The van der Waals surface area contributed by atoms with Crippen molar-refractivity contribution in [2.75, 3.05) is 19.0 Å². The van der Waals surface area contributed by atoms with E-state index >= 15 is 0 Å². The molecule has 0 aliphatic heterocycles. The van der Waals surface area contributed by atoms with E-state index in [-0.39, 0.29) is 11.9 Å². The number of benzene rings is 1. The number of nitrogens with zero attached hydrogens (tertiary/aromatic N) is 4. The van der Waals surface area contributed by atoms with E-state index in [4.69, 9.17) is 0 Å². The molecule has 2 heterocycles. The van der Waals surface area contributed by atoms with Crippen molar-refractivity contribution in [2.24, 2.45) is 0 Å². The molecule has 1 amide bonds. The number of hydrogen-bond acceptors (Lipinski definition) is 5. The molecule has 0 fully saturated rings. The van der Waals surface area contributed by atoms with Crippen LogP contribution < -0.4 is 10.2 Å². The van der Waals surface area contributed by atoms with E-state index in [1.165, 1.54) is 6.33 Å². The molecule has 0 unspecified atom stereocenters. The summed E-state index contributed by atoms with van der Waals surface area (Å²) in [5.41, 5.74) is 2.11. The van der Waals surface area contributed by atoms with Crippen molar-refractivity contribution in [3.8, 4) is 0 Å². The first kappa shape index (κ1) is 15.0. The SMILES string of the molecule is C[C@@H](NC(=O)c1cc(N(C)C)c2ccccc2n1)c1ncn[nH]1. The Balaban J connectivity index is 1.94. The third kappa shape index (κ3) is 2.98. The van der Waals surface area contributed by atoms with Crippen molar-refractivity contribution < 1.29 is 4.79 Å². The summed E-state index contributed by atoms with van der Waals surface area (Å²) in [6, 6.07) is 9.29. The highest BCUT2D eigenvalue weighted by Gasteiger charge is 2.17. The first-order valence-corrected chi connectivity index (χ1v) is 7.29. The van der Waals surface area contributed by atoms with Crippen LogP contribution in [0.2, 0.25) is 0 Å². The van der Waals surface area contributed by atoms with E-state index < -0.39 is 0 Å². The molecular weight excluding hydrogens is 292 g/mol. The highest BCUT2D eigenvalue weighted by Crippen LogP contribution is 2.25. The molecule has 2 N–H and O–H groups in total. The fourth-order valence-corrected chi connectivity index (χ4v) is 2.41. The fraction of sp³-hybridized carbons (Fsp3) is 0.250. The molecule has 0 bridgehead atoms. The number of hydrogen-bond donors (Lipinski definition) is 2. The normalized spacial score (nSPS) is 12.1. The van der Waals surface area contributed by atoms with Gasteiger partial charge in [-0.1, -0.05) is 18.2 Å². The molecule has 0 aliphatic carbocycles. The van der Waals surface area contributed by atoms with Crippen LogP contribution in [0.25, 0.3) is 10.9 Å². The molecule has 2 aromatic heterocycles. The lowest BCUT2D eigenvalue weighted by molar-refractivity contribution is 0.0933. The molecule has 118 valence electrons. The quantitative estimate of drug-likeness (QED) is 0.768. The fourth-order valence-electron chi connectivity index (χ4n) is 2.41. The number of H-pyrrole nitrogens is 1. The maximum atomic E-state index is 12.5. The minimum atomic E-state index is -0.277. The van der Waals surface area contributed by atoms with Crippen molar-refractivity contribution in [3.05, 3.63) is 48.2 Å². The summed E-state index contributed by atoms with van der Waals surface area (Å²) in [6.45, 7) is 1.84. The van der Waals surface area contributed by atoms with Gasteiger partial charge in [0.25, 0.3) is 5.91 Å². The minimum Gasteiger partial charge on any atom is -0.377 e. The van der Waals surface area contributed by atoms with E-state index in [2.05, 4.69) is 25.5 Å². The van der Waals surface area contributed by atoms with Gasteiger partial charge in [-0.15, -0.1) is 0 Å². The molecule has 1 atom stereocenters. The number of pyridine rings is 1. The average Bonchev–Trinajstić information content (AvgIpc) is 3.08. The third-order valence-electron chi connectivity index (χ3n) is 3.60. The number of aromatic amines is 1. The first-order chi connectivity index (χ1) is 11.1. The standard InChI is InChI=1S/C16H18N6O/c1-10(15-17-9-18-21-15)19-16(23)13-8-14(22(2)3)11-6-4-5-7-12(11)20-13/h4-10H,1-3H3,(H,19,23)(H,17,18,21)/t10-/m1/s1. The van der Waals surface area contributed by atoms with Crippen LogP contribution in [0, 0.1) is 0 Å². The molecular formula is C16H18N6O. The van der Waals surface area contributed by atoms with Crippen LogP contribution >= 0.6 is 0 Å². The van der Waals surface area contributed by atoms with Gasteiger partial charge in [0.1, 0.15) is 17.8 Å². The van der Waals surface area contributed by atoms with Gasteiger partial charge in [0.2, 0.25) is 0 Å². The monoisotopic (exact) mass is 310 g/mol. The van der Waals surface area contributed by atoms with E-state index in [0.29, 0.717) is 11.5 Å². The van der Waals surface area contributed by atoms with Crippen LogP contribution in [-0.4, -0.2) is 40.2 Å². The lowest BCUT2D eigenvalue weighted by atomic mass is 10.1. The summed E-state index contributed by atoms with van der Waals surface area (Å²) in [5.74, 6) is 0.356. The number of amides is 1. The van der Waals surface area contributed by atoms with Crippen molar-refractivity contribution in [1.29, 1.82) is 0 Å². The largest absolute Gasteiger partial charge is 0.377 e. The van der Waals surface area contributed by atoms with Crippen molar-refractivity contribution in [1.82, 2.24) is 25.5 Å². The van der Waals surface area contributed by atoms with E-state index in [1.54, 1.807) is 6.07 Å². The molecule has 7 heteroatoms. The van der Waals surface area contributed by atoms with Gasteiger partial charge in [-0.3, -0.25) is 9.89 Å². The van der Waals surface area contributed by atoms with Crippen LogP contribution in [-0.2, 0) is 0 Å². The van der Waals surface area contributed by atoms with Crippen molar-refractivity contribution in [2.45, 2.75) is 13.0 Å². The number of rotatable bonds is 4. The molecule has 3 rings (SSSR count). The number of para-hydroxylation sites is 1. The molecule has 3 aromatic rings. The molecule has 0 aliphatic rings. The maximum absolute atomic E-state index is 12.5. The smallest absolute Gasteiger partial charge is 0.270 e. The zero-order chi connectivity index (χ0) is 16.4. The molecule has 23 heavy (non-hydrogen) atoms. The third-order valence-corrected chi connectivity index (χ3v) is 3.60. The van der Waals surface area contributed by atoms with Crippen LogP contribution in [0.15, 0.2) is 36.7 Å². The predicted molar refractivity (Wildman–Crippen MR) is 88.3 cm³/mol. The number of anilines is 1. The van der Waals surface area contributed by atoms with Gasteiger partial charge < -0.3 is 10.2 Å². The minimum absolute atomic E-state index is 0.247. The Bertz CT molecular complexity index is 828. The number of nitrogens with one attached hydrogen (secondary N) is 2. The van der Waals surface area contributed by atoms with Gasteiger partial charge in [-0.2, -0.15) is 5.10 Å². The Hall–Kier alpha value is -2.96. The lowest BCUT2D eigenvalue weighted by Gasteiger charge is -2.17. The number of fused-ring (bicyclic) bond motifs is 1. The predicted octanol–water partition coefficient (Wildman–Crippen LogP) is 1.91. The van der Waals surface area contributed by atoms with Gasteiger partial charge in [-0.25, -0.2) is 9.97 Å². The molecule has 0 radical (unpaired) electrons. The number of aromatic nitrogens is 4. The average molecular weight is 310 g/mol. The summed E-state index contributed by atoms with van der Waals surface area (Å²) in [5, 5.41) is 10.4. The summed E-state index contributed by atoms with van der Waals surface area (Å²) < 4.78 is 0. The van der Waals surface area contributed by atoms with Crippen molar-refractivity contribution in [3.63, 3.8) is 0 Å². The van der Waals surface area contributed by atoms with Crippen LogP contribution in [0.4, 0.5) is 5.69 Å². The Kier molecular flexibility index (Phi) is 3.92. The summed E-state index contributed by atoms with van der Waals surface area (Å²) in [4.78, 5) is 23.0. The van der Waals surface area contributed by atoms with E-state index in [0.717, 1.165) is 16.6 Å². The highest BCUT2D eigenvalue weighted by atomic mass is 16.1. The molecule has 0 saturated heterocycles. The zero-order valence-electron chi connectivity index (χ0n) is 13.2. The molecule has 1 aromatic carbocycles. The van der Waals surface area contributed by atoms with Gasteiger partial charge in [0, 0.05) is 25.2 Å². The van der Waals surface area contributed by atoms with E-state index in [1.807, 2.05) is 50.2 Å². The Labute approximate surface area is 133 Å². The number of carbonyl (C=O) groups is 1. The van der Waals surface area contributed by atoms with Gasteiger partial charge in [0.15, 0.2) is 0 Å². The highest BCUT2D eigenvalue weighted by molar-refractivity contribution is 6.00. The van der Waals surface area contributed by atoms with E-state index in [9.17, 15) is 4.79 Å². The molecule has 0 spiro atoms. The second-order valence-corrected chi connectivity index (χ2v) is 5.50. The van der Waals surface area contributed by atoms with Crippen LogP contribution in [0.5, 0.6) is 0 Å². The zero-order valence-corrected chi connectivity index (χ0v) is 13.2.